The highest BCUT2D eigenvalue weighted by atomic mass is 32.1. The number of anilines is 1. The van der Waals surface area contributed by atoms with Crippen molar-refractivity contribution in [2.45, 2.75) is 18.9 Å². The SMILES string of the molecule is CC(NC(=O)CNc1ncc(C=O)s1)(C(N)=O)[C@H](Cc1ccc(O)cc1)C(N)=O. The number of aromatic nitrogens is 1. The minimum atomic E-state index is -1.75. The van der Waals surface area contributed by atoms with Gasteiger partial charge in [-0.25, -0.2) is 4.98 Å². The van der Waals surface area contributed by atoms with Crippen LogP contribution in [0, 0.1) is 5.92 Å². The Bertz CT molecular complexity index is 914. The molecular formula is C18H21N5O5S. The molecule has 1 aromatic heterocycles. The van der Waals surface area contributed by atoms with Crippen molar-refractivity contribution in [1.29, 1.82) is 0 Å². The molecule has 2 aromatic rings. The van der Waals surface area contributed by atoms with Gasteiger partial charge in [0, 0.05) is 0 Å². The fraction of sp³-hybridized carbons (Fsp3) is 0.278. The molecule has 0 fully saturated rings. The third-order valence-electron chi connectivity index (χ3n) is 4.37. The van der Waals surface area contributed by atoms with Crippen LogP contribution in [0.5, 0.6) is 5.75 Å². The molecule has 154 valence electrons. The topological polar surface area (TPSA) is 178 Å². The van der Waals surface area contributed by atoms with Gasteiger partial charge in [-0.3, -0.25) is 19.2 Å². The van der Waals surface area contributed by atoms with Crippen molar-refractivity contribution in [1.82, 2.24) is 10.3 Å². The summed E-state index contributed by atoms with van der Waals surface area (Å²) in [6.45, 7) is 1.07. The van der Waals surface area contributed by atoms with Crippen LogP contribution >= 0.6 is 11.3 Å². The number of phenolic OH excluding ortho intramolecular Hbond substituents is 1. The molecule has 0 aliphatic heterocycles. The van der Waals surface area contributed by atoms with Gasteiger partial charge in [-0.1, -0.05) is 23.5 Å². The normalized spacial score (nSPS) is 13.7. The summed E-state index contributed by atoms with van der Waals surface area (Å²) in [6.07, 6.45) is 2.01. The Morgan fingerprint density at radius 2 is 1.93 bits per heavy atom. The molecule has 2 rings (SSSR count). The molecule has 0 aliphatic carbocycles. The van der Waals surface area contributed by atoms with Crippen LogP contribution in [0.15, 0.2) is 30.5 Å². The molecule has 2 atom stereocenters. The monoisotopic (exact) mass is 419 g/mol. The molecule has 29 heavy (non-hydrogen) atoms. The van der Waals surface area contributed by atoms with E-state index in [1.165, 1.54) is 25.3 Å². The van der Waals surface area contributed by atoms with E-state index < -0.39 is 29.2 Å². The Morgan fingerprint density at radius 3 is 2.45 bits per heavy atom. The second-order valence-electron chi connectivity index (χ2n) is 6.48. The van der Waals surface area contributed by atoms with E-state index in [1.807, 2.05) is 0 Å². The van der Waals surface area contributed by atoms with Gasteiger partial charge in [0.05, 0.1) is 23.5 Å². The van der Waals surface area contributed by atoms with Gasteiger partial charge in [0.15, 0.2) is 11.4 Å². The number of carbonyl (C=O) groups excluding carboxylic acids is 4. The van der Waals surface area contributed by atoms with Crippen molar-refractivity contribution < 1.29 is 24.3 Å². The first-order chi connectivity index (χ1) is 13.7. The predicted molar refractivity (Wildman–Crippen MR) is 106 cm³/mol. The van der Waals surface area contributed by atoms with Crippen molar-refractivity contribution in [3.8, 4) is 5.75 Å². The Labute approximate surface area is 170 Å². The molecule has 10 nitrogen and oxygen atoms in total. The summed E-state index contributed by atoms with van der Waals surface area (Å²) in [4.78, 5) is 51.6. The number of primary amides is 2. The number of rotatable bonds is 10. The first kappa shape index (κ1) is 21.8. The van der Waals surface area contributed by atoms with Crippen LogP contribution in [0.4, 0.5) is 5.13 Å². The van der Waals surface area contributed by atoms with E-state index in [9.17, 15) is 24.3 Å². The van der Waals surface area contributed by atoms with Crippen LogP contribution < -0.4 is 22.1 Å². The van der Waals surface area contributed by atoms with E-state index in [-0.39, 0.29) is 18.7 Å². The van der Waals surface area contributed by atoms with Gasteiger partial charge in [-0.15, -0.1) is 0 Å². The van der Waals surface area contributed by atoms with Crippen LogP contribution in [0.2, 0.25) is 0 Å². The average molecular weight is 419 g/mol. The Balaban J connectivity index is 2.14. The summed E-state index contributed by atoms with van der Waals surface area (Å²) in [6, 6.07) is 6.00. The molecule has 1 unspecified atom stereocenters. The summed E-state index contributed by atoms with van der Waals surface area (Å²) in [5.41, 5.74) is 9.86. The maximum absolute atomic E-state index is 12.4. The fourth-order valence-electron chi connectivity index (χ4n) is 2.69. The van der Waals surface area contributed by atoms with Crippen LogP contribution in [-0.2, 0) is 20.8 Å². The molecular weight excluding hydrogens is 398 g/mol. The molecule has 0 radical (unpaired) electrons. The zero-order valence-electron chi connectivity index (χ0n) is 15.5. The van der Waals surface area contributed by atoms with Gasteiger partial charge in [0.1, 0.15) is 11.3 Å². The predicted octanol–water partition coefficient (Wildman–Crippen LogP) is -0.222. The number of nitrogens with two attached hydrogens (primary N) is 2. The van der Waals surface area contributed by atoms with Gasteiger partial charge in [-0.2, -0.15) is 0 Å². The summed E-state index contributed by atoms with van der Waals surface area (Å²) in [5, 5.41) is 14.9. The number of carbonyl (C=O) groups is 4. The van der Waals surface area contributed by atoms with Gasteiger partial charge < -0.3 is 27.2 Å². The lowest BCUT2D eigenvalue weighted by Gasteiger charge is -2.34. The second-order valence-corrected chi connectivity index (χ2v) is 7.54. The maximum Gasteiger partial charge on any atom is 0.243 e. The number of benzene rings is 1. The number of nitrogens with zero attached hydrogens (tertiary/aromatic N) is 1. The number of thiazole rings is 1. The lowest BCUT2D eigenvalue weighted by molar-refractivity contribution is -0.137. The summed E-state index contributed by atoms with van der Waals surface area (Å²) >= 11 is 1.06. The van der Waals surface area contributed by atoms with Crippen molar-refractivity contribution >= 4 is 40.5 Å². The Kier molecular flexibility index (Phi) is 6.89. The Hall–Kier alpha value is -3.47. The fourth-order valence-corrected chi connectivity index (χ4v) is 3.32. The van der Waals surface area contributed by atoms with Crippen LogP contribution in [0.25, 0.3) is 0 Å². The zero-order valence-corrected chi connectivity index (χ0v) is 16.4. The first-order valence-corrected chi connectivity index (χ1v) is 9.30. The number of phenols is 1. The van der Waals surface area contributed by atoms with Gasteiger partial charge >= 0.3 is 0 Å². The third kappa shape index (κ3) is 5.51. The first-order valence-electron chi connectivity index (χ1n) is 8.48. The highest BCUT2D eigenvalue weighted by Gasteiger charge is 2.44. The van der Waals surface area contributed by atoms with Crippen molar-refractivity contribution in [3.05, 3.63) is 40.9 Å². The van der Waals surface area contributed by atoms with Gasteiger partial charge in [-0.05, 0) is 31.0 Å². The number of nitrogens with one attached hydrogen (secondary N) is 2. The number of hydrogen-bond acceptors (Lipinski definition) is 8. The summed E-state index contributed by atoms with van der Waals surface area (Å²) in [7, 11) is 0. The molecule has 1 aromatic carbocycles. The molecule has 0 spiro atoms. The van der Waals surface area contributed by atoms with E-state index in [4.69, 9.17) is 11.5 Å². The minimum absolute atomic E-state index is 0.0257. The van der Waals surface area contributed by atoms with Crippen LogP contribution in [0.1, 0.15) is 22.2 Å². The standard InChI is InChI=1S/C18H21N5O5S/c1-18(16(20)28,13(15(19)27)6-10-2-4-11(25)5-3-10)23-14(26)8-22-17-21-7-12(9-24)29-17/h2-5,7,9,13,25H,6,8H2,1H3,(H2,19,27)(H2,20,28)(H,21,22)(H,23,26)/t13-,18?/m1/s1. The zero-order chi connectivity index (χ0) is 21.6. The van der Waals surface area contributed by atoms with E-state index >= 15 is 0 Å². The highest BCUT2D eigenvalue weighted by molar-refractivity contribution is 7.17. The average Bonchev–Trinajstić information content (AvgIpc) is 3.13. The number of hydrogen-bond donors (Lipinski definition) is 5. The van der Waals surface area contributed by atoms with Crippen molar-refractivity contribution in [3.63, 3.8) is 0 Å². The van der Waals surface area contributed by atoms with Crippen LogP contribution in [0.3, 0.4) is 0 Å². The van der Waals surface area contributed by atoms with E-state index in [0.717, 1.165) is 11.3 Å². The maximum atomic E-state index is 12.4. The lowest BCUT2D eigenvalue weighted by Crippen LogP contribution is -2.64. The summed E-state index contributed by atoms with van der Waals surface area (Å²) in [5.74, 6) is -3.45. The summed E-state index contributed by atoms with van der Waals surface area (Å²) < 4.78 is 0. The molecule has 7 N–H and O–H groups in total. The van der Waals surface area contributed by atoms with E-state index in [2.05, 4.69) is 15.6 Å². The smallest absolute Gasteiger partial charge is 0.243 e. The van der Waals surface area contributed by atoms with Crippen LogP contribution in [-0.4, -0.2) is 46.2 Å². The largest absolute Gasteiger partial charge is 0.508 e. The molecule has 1 heterocycles. The number of amides is 3. The molecule has 0 saturated carbocycles. The highest BCUT2D eigenvalue weighted by Crippen LogP contribution is 2.23. The van der Waals surface area contributed by atoms with E-state index in [0.29, 0.717) is 21.9 Å². The number of aldehydes is 1. The van der Waals surface area contributed by atoms with Crippen molar-refractivity contribution in [2.24, 2.45) is 17.4 Å². The molecule has 0 saturated heterocycles. The van der Waals surface area contributed by atoms with Gasteiger partial charge in [0.25, 0.3) is 0 Å². The minimum Gasteiger partial charge on any atom is -0.508 e. The second kappa shape index (κ2) is 9.15. The molecule has 0 bridgehead atoms. The lowest BCUT2D eigenvalue weighted by atomic mass is 9.80. The number of aromatic hydroxyl groups is 1. The molecule has 3 amide bonds. The Morgan fingerprint density at radius 1 is 1.28 bits per heavy atom. The molecule has 11 heteroatoms. The quantitative estimate of drug-likeness (QED) is 0.330. The molecule has 0 aliphatic rings. The van der Waals surface area contributed by atoms with Gasteiger partial charge in [0.2, 0.25) is 17.7 Å². The van der Waals surface area contributed by atoms with Crippen molar-refractivity contribution in [2.75, 3.05) is 11.9 Å². The van der Waals surface area contributed by atoms with E-state index in [1.54, 1.807) is 12.1 Å². The third-order valence-corrected chi connectivity index (χ3v) is 5.25.